The first-order chi connectivity index (χ1) is 6.95. The third-order valence-corrected chi connectivity index (χ3v) is 3.64. The van der Waals surface area contributed by atoms with Gasteiger partial charge in [0, 0.05) is 5.25 Å². The summed E-state index contributed by atoms with van der Waals surface area (Å²) in [7, 11) is 0. The van der Waals surface area contributed by atoms with Crippen molar-refractivity contribution in [1.82, 2.24) is 0 Å². The van der Waals surface area contributed by atoms with Crippen molar-refractivity contribution >= 4 is 25.4 Å². The predicted octanol–water partition coefficient (Wildman–Crippen LogP) is 4.36. The van der Waals surface area contributed by atoms with Crippen LogP contribution in [0, 0.1) is 6.07 Å². The molecule has 0 nitrogen and oxygen atoms in total. The van der Waals surface area contributed by atoms with E-state index in [0.717, 1.165) is 5.25 Å². The maximum atomic E-state index is 3.06. The van der Waals surface area contributed by atoms with E-state index >= 15 is 0 Å². The Morgan fingerprint density at radius 1 is 1.21 bits per heavy atom. The zero-order valence-corrected chi connectivity index (χ0v) is 13.6. The standard InChI is InChI=1S/C11H13S.BrH.Zn/c1-2-6-10(7-3-1)12-11-8-4-5-9-11;;/h2-3,6-7,11H,4-5,8-9H2;1H;/q-1;;+2/p-1. The van der Waals surface area contributed by atoms with E-state index in [0.29, 0.717) is 0 Å². The Kier molecular flexibility index (Phi) is 7.19. The molecular formula is C11H13BrSZn. The molecule has 1 fully saturated rings. The fraction of sp³-hybridized carbons (Fsp3) is 0.455. The second-order valence-corrected chi connectivity index (χ2v) is 4.63. The molecule has 0 N–H and O–H groups in total. The van der Waals surface area contributed by atoms with Crippen molar-refractivity contribution in [3.05, 3.63) is 30.3 Å². The minimum absolute atomic E-state index is 0.882. The van der Waals surface area contributed by atoms with Crippen LogP contribution >= 0.6 is 25.4 Å². The van der Waals surface area contributed by atoms with Crippen LogP contribution in [-0.2, 0) is 16.3 Å². The first kappa shape index (κ1) is 12.7. The second-order valence-electron chi connectivity index (χ2n) is 3.26. The minimum Gasteiger partial charge on any atom is -0.184 e. The van der Waals surface area contributed by atoms with Crippen molar-refractivity contribution < 1.29 is 16.3 Å². The van der Waals surface area contributed by atoms with Gasteiger partial charge in [-0.05, 0) is 12.8 Å². The van der Waals surface area contributed by atoms with Crippen molar-refractivity contribution in [2.24, 2.45) is 0 Å². The Bertz CT molecular complexity index is 234. The van der Waals surface area contributed by atoms with Gasteiger partial charge in [0.2, 0.25) is 0 Å². The molecule has 0 saturated heterocycles. The average molecular weight is 323 g/mol. The van der Waals surface area contributed by atoms with Gasteiger partial charge in [0.05, 0.1) is 0 Å². The molecule has 0 aliphatic heterocycles. The van der Waals surface area contributed by atoms with Crippen LogP contribution in [0.1, 0.15) is 25.7 Å². The molecule has 0 amide bonds. The van der Waals surface area contributed by atoms with E-state index in [-0.39, 0.29) is 0 Å². The van der Waals surface area contributed by atoms with E-state index in [1.807, 2.05) is 23.9 Å². The van der Waals surface area contributed by atoms with Crippen LogP contribution < -0.4 is 0 Å². The Hall–Kier alpha value is 0.673. The molecule has 72 valence electrons. The molecule has 0 unspecified atom stereocenters. The average Bonchev–Trinajstić information content (AvgIpc) is 2.75. The van der Waals surface area contributed by atoms with Gasteiger partial charge in [-0.3, -0.25) is 0 Å². The van der Waals surface area contributed by atoms with Crippen LogP contribution in [0.4, 0.5) is 0 Å². The van der Waals surface area contributed by atoms with Crippen LogP contribution in [0.5, 0.6) is 0 Å². The van der Waals surface area contributed by atoms with Crippen LogP contribution in [0.25, 0.3) is 0 Å². The third kappa shape index (κ3) is 4.46. The van der Waals surface area contributed by atoms with Gasteiger partial charge < -0.3 is 0 Å². The van der Waals surface area contributed by atoms with Gasteiger partial charge in [0.15, 0.2) is 0 Å². The molecule has 0 spiro atoms. The predicted molar refractivity (Wildman–Crippen MR) is 62.3 cm³/mol. The van der Waals surface area contributed by atoms with Gasteiger partial charge >= 0.3 is 30.0 Å². The molecule has 1 aromatic rings. The topological polar surface area (TPSA) is 0 Å². The van der Waals surface area contributed by atoms with Gasteiger partial charge in [-0.15, -0.1) is 16.7 Å². The molecule has 1 aromatic carbocycles. The smallest absolute Gasteiger partial charge is 0.00736 e. The Balaban J connectivity index is 0.000000461. The SMILES string of the molecule is [Zn+][Br].[c-]1ccc(SC2CCCC2)cc1. The summed E-state index contributed by atoms with van der Waals surface area (Å²) in [6, 6.07) is 11.4. The molecule has 0 radical (unpaired) electrons. The van der Waals surface area contributed by atoms with Crippen molar-refractivity contribution in [1.29, 1.82) is 0 Å². The molecule has 0 aromatic heterocycles. The summed E-state index contributed by atoms with van der Waals surface area (Å²) >= 11 is 6.28. The van der Waals surface area contributed by atoms with Gasteiger partial charge in [0.25, 0.3) is 0 Å². The van der Waals surface area contributed by atoms with Gasteiger partial charge in [0.1, 0.15) is 0 Å². The summed E-state index contributed by atoms with van der Waals surface area (Å²) in [4.78, 5) is 1.40. The summed E-state index contributed by atoms with van der Waals surface area (Å²) in [5, 5.41) is 0.882. The molecule has 0 bridgehead atoms. The number of hydrogen-bond donors (Lipinski definition) is 0. The quantitative estimate of drug-likeness (QED) is 0.576. The fourth-order valence-corrected chi connectivity index (χ4v) is 2.90. The minimum atomic E-state index is 0.882. The number of benzene rings is 1. The monoisotopic (exact) mass is 320 g/mol. The van der Waals surface area contributed by atoms with Crippen molar-refractivity contribution in [2.75, 3.05) is 0 Å². The zero-order chi connectivity index (χ0) is 10.2. The van der Waals surface area contributed by atoms with Gasteiger partial charge in [-0.25, -0.2) is 0 Å². The number of hydrogen-bond acceptors (Lipinski definition) is 1. The van der Waals surface area contributed by atoms with Crippen molar-refractivity contribution in [3.8, 4) is 0 Å². The molecule has 0 heterocycles. The molecule has 1 aliphatic carbocycles. The second kappa shape index (κ2) is 7.90. The summed E-state index contributed by atoms with van der Waals surface area (Å²) in [6.45, 7) is 0. The van der Waals surface area contributed by atoms with Gasteiger partial charge in [-0.2, -0.15) is 30.3 Å². The summed E-state index contributed by atoms with van der Waals surface area (Å²) in [5.74, 6) is 0. The van der Waals surface area contributed by atoms with Crippen molar-refractivity contribution in [3.63, 3.8) is 0 Å². The molecule has 1 saturated carbocycles. The van der Waals surface area contributed by atoms with Crippen LogP contribution in [0.3, 0.4) is 0 Å². The van der Waals surface area contributed by atoms with E-state index in [2.05, 4.69) is 31.8 Å². The Labute approximate surface area is 107 Å². The maximum Gasteiger partial charge on any atom is 0.00736 e. The normalized spacial score (nSPS) is 16.2. The molecule has 14 heavy (non-hydrogen) atoms. The van der Waals surface area contributed by atoms with E-state index < -0.39 is 0 Å². The van der Waals surface area contributed by atoms with E-state index in [9.17, 15) is 0 Å². The van der Waals surface area contributed by atoms with Crippen LogP contribution in [0.2, 0.25) is 0 Å². The first-order valence-corrected chi connectivity index (χ1v) is 12.7. The number of thioether (sulfide) groups is 1. The van der Waals surface area contributed by atoms with E-state index in [4.69, 9.17) is 0 Å². The van der Waals surface area contributed by atoms with Crippen LogP contribution in [-0.4, -0.2) is 5.25 Å². The molecular weight excluding hydrogens is 309 g/mol. The molecule has 2 rings (SSSR count). The summed E-state index contributed by atoms with van der Waals surface area (Å²) < 4.78 is 0. The Morgan fingerprint density at radius 2 is 1.79 bits per heavy atom. The Morgan fingerprint density at radius 3 is 2.36 bits per heavy atom. The largest absolute Gasteiger partial charge is 0.184 e. The van der Waals surface area contributed by atoms with Gasteiger partial charge in [-0.1, -0.05) is 12.8 Å². The number of halogens is 1. The summed E-state index contributed by atoms with van der Waals surface area (Å²) in [6.07, 6.45) is 5.67. The number of rotatable bonds is 2. The molecule has 3 heteroatoms. The summed E-state index contributed by atoms with van der Waals surface area (Å²) in [5.41, 5.74) is 0. The van der Waals surface area contributed by atoms with E-state index in [1.165, 1.54) is 46.9 Å². The van der Waals surface area contributed by atoms with Crippen molar-refractivity contribution in [2.45, 2.75) is 35.8 Å². The third-order valence-electron chi connectivity index (χ3n) is 2.29. The molecule has 1 aliphatic rings. The fourth-order valence-electron chi connectivity index (χ4n) is 1.65. The van der Waals surface area contributed by atoms with Crippen LogP contribution in [0.15, 0.2) is 29.2 Å². The zero-order valence-electron chi connectivity index (χ0n) is 8.21. The maximum absolute atomic E-state index is 3.06. The first-order valence-electron chi connectivity index (χ1n) is 4.84. The van der Waals surface area contributed by atoms with E-state index in [1.54, 1.807) is 0 Å². The molecule has 0 atom stereocenters.